The molecule has 1 unspecified atom stereocenters. The molecule has 142 valence electrons. The molecule has 0 saturated carbocycles. The smallest absolute Gasteiger partial charge is 0.433 e. The number of methoxy groups -OCH3 is 1. The summed E-state index contributed by atoms with van der Waals surface area (Å²) in [6, 6.07) is 9.45. The molecule has 2 rings (SSSR count). The van der Waals surface area contributed by atoms with Gasteiger partial charge >= 0.3 is 6.18 Å². The molecule has 0 bridgehead atoms. The highest BCUT2D eigenvalue weighted by molar-refractivity contribution is 5.18. The summed E-state index contributed by atoms with van der Waals surface area (Å²) in [5, 5.41) is 0. The van der Waals surface area contributed by atoms with E-state index in [4.69, 9.17) is 10.5 Å². The zero-order valence-electron chi connectivity index (χ0n) is 14.8. The predicted octanol–water partition coefficient (Wildman–Crippen LogP) is 3.42. The van der Waals surface area contributed by atoms with E-state index in [-0.39, 0.29) is 6.04 Å². The monoisotopic (exact) mass is 368 g/mol. The van der Waals surface area contributed by atoms with E-state index < -0.39 is 11.9 Å². The summed E-state index contributed by atoms with van der Waals surface area (Å²) >= 11 is 0. The van der Waals surface area contributed by atoms with Crippen molar-refractivity contribution in [3.05, 3.63) is 53.5 Å². The number of rotatable bonds is 8. The average Bonchev–Trinajstić information content (AvgIpc) is 2.64. The fourth-order valence-electron chi connectivity index (χ4n) is 2.65. The van der Waals surface area contributed by atoms with Crippen LogP contribution < -0.4 is 10.5 Å². The molecule has 5 nitrogen and oxygen atoms in total. The van der Waals surface area contributed by atoms with Gasteiger partial charge in [0.1, 0.15) is 5.69 Å². The van der Waals surface area contributed by atoms with Crippen molar-refractivity contribution < 1.29 is 17.9 Å². The maximum atomic E-state index is 12.7. The number of ether oxygens (including phenoxy) is 1. The first-order chi connectivity index (χ1) is 12.3. The molecular weight excluding hydrogens is 345 g/mol. The second-order valence-electron chi connectivity index (χ2n) is 5.89. The largest absolute Gasteiger partial charge is 0.481 e. The van der Waals surface area contributed by atoms with E-state index in [9.17, 15) is 13.2 Å². The van der Waals surface area contributed by atoms with Gasteiger partial charge in [0, 0.05) is 25.0 Å². The van der Waals surface area contributed by atoms with E-state index in [0.717, 1.165) is 11.8 Å². The molecule has 8 heteroatoms. The number of hydrogen-bond acceptors (Lipinski definition) is 5. The SMILES string of the molecule is COc1cccc(C(C)N(CN)CCCc2cccc(C(F)(F)F)n2)n1. The van der Waals surface area contributed by atoms with Gasteiger partial charge in [-0.25, -0.2) is 9.97 Å². The predicted molar refractivity (Wildman–Crippen MR) is 92.5 cm³/mol. The standard InChI is InChI=1S/C18H23F3N4O/c1-13(15-8-4-10-17(24-15)26-2)25(12-22)11-5-7-14-6-3-9-16(23-14)18(19,20)21/h3-4,6,8-10,13H,5,7,11-12,22H2,1-2H3. The molecular formula is C18H23F3N4O. The molecule has 0 aliphatic carbocycles. The van der Waals surface area contributed by atoms with Crippen LogP contribution in [-0.4, -0.2) is 35.2 Å². The van der Waals surface area contributed by atoms with Crippen LogP contribution in [0.25, 0.3) is 0 Å². The molecule has 0 aromatic carbocycles. The Morgan fingerprint density at radius 3 is 2.54 bits per heavy atom. The zero-order valence-corrected chi connectivity index (χ0v) is 14.8. The fraction of sp³-hybridized carbons (Fsp3) is 0.444. The van der Waals surface area contributed by atoms with Crippen molar-refractivity contribution in [2.75, 3.05) is 20.3 Å². The Balaban J connectivity index is 1.96. The van der Waals surface area contributed by atoms with Crippen LogP contribution in [-0.2, 0) is 12.6 Å². The van der Waals surface area contributed by atoms with Crippen molar-refractivity contribution in [1.29, 1.82) is 0 Å². The van der Waals surface area contributed by atoms with Gasteiger partial charge in [0.05, 0.1) is 18.8 Å². The molecule has 0 aliphatic heterocycles. The van der Waals surface area contributed by atoms with Gasteiger partial charge in [-0.1, -0.05) is 12.1 Å². The van der Waals surface area contributed by atoms with Gasteiger partial charge in [0.15, 0.2) is 0 Å². The first-order valence-electron chi connectivity index (χ1n) is 8.33. The molecule has 2 aromatic rings. The van der Waals surface area contributed by atoms with Crippen LogP contribution in [0.15, 0.2) is 36.4 Å². The highest BCUT2D eigenvalue weighted by atomic mass is 19.4. The minimum atomic E-state index is -4.42. The molecule has 0 fully saturated rings. The molecule has 2 N–H and O–H groups in total. The quantitative estimate of drug-likeness (QED) is 0.724. The summed E-state index contributed by atoms with van der Waals surface area (Å²) < 4.78 is 43.3. The highest BCUT2D eigenvalue weighted by Crippen LogP contribution is 2.27. The van der Waals surface area contributed by atoms with Crippen LogP contribution in [0.1, 0.15) is 36.5 Å². The lowest BCUT2D eigenvalue weighted by atomic mass is 10.1. The van der Waals surface area contributed by atoms with E-state index in [1.807, 2.05) is 24.0 Å². The second-order valence-corrected chi connectivity index (χ2v) is 5.89. The molecule has 1 atom stereocenters. The van der Waals surface area contributed by atoms with Crippen LogP contribution in [0.3, 0.4) is 0 Å². The number of nitrogens with two attached hydrogens (primary N) is 1. The summed E-state index contributed by atoms with van der Waals surface area (Å²) in [7, 11) is 1.56. The molecule has 0 amide bonds. The van der Waals surface area contributed by atoms with Gasteiger partial charge in [0.2, 0.25) is 5.88 Å². The Bertz CT molecular complexity index is 709. The number of aryl methyl sites for hydroxylation is 1. The Kier molecular flexibility index (Phi) is 6.93. The third-order valence-electron chi connectivity index (χ3n) is 4.14. The van der Waals surface area contributed by atoms with Crippen molar-refractivity contribution in [2.24, 2.45) is 5.73 Å². The molecule has 0 radical (unpaired) electrons. The first-order valence-corrected chi connectivity index (χ1v) is 8.33. The highest BCUT2D eigenvalue weighted by Gasteiger charge is 2.32. The van der Waals surface area contributed by atoms with Crippen LogP contribution in [0.4, 0.5) is 13.2 Å². The van der Waals surface area contributed by atoms with Gasteiger partial charge in [-0.2, -0.15) is 13.2 Å². The van der Waals surface area contributed by atoms with Gasteiger partial charge in [0.25, 0.3) is 0 Å². The van der Waals surface area contributed by atoms with Crippen molar-refractivity contribution in [3.8, 4) is 5.88 Å². The number of halogens is 3. The summed E-state index contributed by atoms with van der Waals surface area (Å²) in [6.07, 6.45) is -3.34. The topological polar surface area (TPSA) is 64.3 Å². The maximum absolute atomic E-state index is 12.7. The third kappa shape index (κ3) is 5.40. The van der Waals surface area contributed by atoms with Gasteiger partial charge in [-0.15, -0.1) is 0 Å². The van der Waals surface area contributed by atoms with Gasteiger partial charge < -0.3 is 10.5 Å². The minimum Gasteiger partial charge on any atom is -0.481 e. The third-order valence-corrected chi connectivity index (χ3v) is 4.14. The summed E-state index contributed by atoms with van der Waals surface area (Å²) in [5.41, 5.74) is 6.23. The lowest BCUT2D eigenvalue weighted by Gasteiger charge is -2.27. The number of hydrogen-bond donors (Lipinski definition) is 1. The molecule has 0 aliphatic rings. The molecule has 0 saturated heterocycles. The van der Waals surface area contributed by atoms with Crippen molar-refractivity contribution in [1.82, 2.24) is 14.9 Å². The molecule has 26 heavy (non-hydrogen) atoms. The van der Waals surface area contributed by atoms with Gasteiger partial charge in [-0.05, 0) is 38.0 Å². The molecule has 2 heterocycles. The average molecular weight is 368 g/mol. The van der Waals surface area contributed by atoms with E-state index in [2.05, 4.69) is 9.97 Å². The first kappa shape index (κ1) is 20.1. The number of aromatic nitrogens is 2. The van der Waals surface area contributed by atoms with Crippen LogP contribution >= 0.6 is 0 Å². The Morgan fingerprint density at radius 2 is 1.88 bits per heavy atom. The van der Waals surface area contributed by atoms with Crippen molar-refractivity contribution in [3.63, 3.8) is 0 Å². The Labute approximate surface area is 151 Å². The van der Waals surface area contributed by atoms with Crippen LogP contribution in [0.5, 0.6) is 5.88 Å². The zero-order chi connectivity index (χ0) is 19.2. The van der Waals surface area contributed by atoms with Crippen molar-refractivity contribution >= 4 is 0 Å². The number of pyridine rings is 2. The Hall–Kier alpha value is -2.19. The minimum absolute atomic E-state index is 0.0374. The lowest BCUT2D eigenvalue weighted by Crippen LogP contribution is -2.34. The normalized spacial score (nSPS) is 13.0. The van der Waals surface area contributed by atoms with E-state index >= 15 is 0 Å². The van der Waals surface area contributed by atoms with E-state index in [1.54, 1.807) is 19.2 Å². The summed E-state index contributed by atoms with van der Waals surface area (Å²) in [6.45, 7) is 2.92. The van der Waals surface area contributed by atoms with E-state index in [0.29, 0.717) is 37.6 Å². The second kappa shape index (κ2) is 8.95. The number of nitrogens with zero attached hydrogens (tertiary/aromatic N) is 3. The lowest BCUT2D eigenvalue weighted by molar-refractivity contribution is -0.141. The Morgan fingerprint density at radius 1 is 1.15 bits per heavy atom. The van der Waals surface area contributed by atoms with Crippen LogP contribution in [0, 0.1) is 0 Å². The molecule has 0 spiro atoms. The van der Waals surface area contributed by atoms with Crippen LogP contribution in [0.2, 0.25) is 0 Å². The van der Waals surface area contributed by atoms with Crippen molar-refractivity contribution in [2.45, 2.75) is 32.0 Å². The van der Waals surface area contributed by atoms with E-state index in [1.165, 1.54) is 6.07 Å². The maximum Gasteiger partial charge on any atom is 0.433 e. The summed E-state index contributed by atoms with van der Waals surface area (Å²) in [5.74, 6) is 0.527. The fourth-order valence-corrected chi connectivity index (χ4v) is 2.65. The number of alkyl halides is 3. The summed E-state index contributed by atoms with van der Waals surface area (Å²) in [4.78, 5) is 10.1. The molecule has 2 aromatic heterocycles. The van der Waals surface area contributed by atoms with Gasteiger partial charge in [-0.3, -0.25) is 4.90 Å².